The summed E-state index contributed by atoms with van der Waals surface area (Å²) in [6, 6.07) is 0. The molecule has 0 radical (unpaired) electrons. The van der Waals surface area contributed by atoms with Gasteiger partial charge in [0, 0.05) is 5.41 Å². The summed E-state index contributed by atoms with van der Waals surface area (Å²) >= 11 is 6.25. The predicted octanol–water partition coefficient (Wildman–Crippen LogP) is 7.97. The zero-order valence-electron chi connectivity index (χ0n) is 22.7. The molecule has 0 fully saturated rings. The maximum atomic E-state index is 12.8. The summed E-state index contributed by atoms with van der Waals surface area (Å²) in [6.45, 7) is 7.94. The van der Waals surface area contributed by atoms with E-state index in [4.69, 9.17) is 11.6 Å². The number of aryl methyl sites for hydroxylation is 1. The van der Waals surface area contributed by atoms with E-state index in [-0.39, 0.29) is 11.5 Å². The number of hydrogen-bond acceptors (Lipinski definition) is 4. The van der Waals surface area contributed by atoms with Crippen molar-refractivity contribution in [2.24, 2.45) is 0 Å². The van der Waals surface area contributed by atoms with E-state index in [2.05, 4.69) is 22.2 Å². The van der Waals surface area contributed by atoms with Gasteiger partial charge in [-0.2, -0.15) is 0 Å². The van der Waals surface area contributed by atoms with E-state index in [0.29, 0.717) is 16.5 Å². The highest BCUT2D eigenvalue weighted by Gasteiger charge is 2.33. The zero-order valence-corrected chi connectivity index (χ0v) is 24.2. The molecule has 0 amide bonds. The predicted molar refractivity (Wildman–Crippen MR) is 148 cm³/mol. The van der Waals surface area contributed by atoms with Gasteiger partial charge >= 0.3 is 0 Å². The molecule has 202 valence electrons. The highest BCUT2D eigenvalue weighted by molar-refractivity contribution is 7.91. The molecule has 2 aromatic heterocycles. The number of rotatable bonds is 20. The monoisotopic (exact) mass is 528 g/mol. The number of sulfone groups is 1. The Morgan fingerprint density at radius 3 is 1.74 bits per heavy atom. The maximum absolute atomic E-state index is 12.8. The molecule has 0 aliphatic heterocycles. The first kappa shape index (κ1) is 30.1. The molecule has 0 spiro atoms. The van der Waals surface area contributed by atoms with Crippen LogP contribution in [0.3, 0.4) is 0 Å². The molecule has 2 heterocycles. The molecule has 0 aliphatic rings. The number of unbranched alkanes of at least 4 members (excludes halogenated alkanes) is 15. The molecule has 6 nitrogen and oxygen atoms in total. The van der Waals surface area contributed by atoms with Gasteiger partial charge in [-0.1, -0.05) is 129 Å². The Morgan fingerprint density at radius 2 is 1.26 bits per heavy atom. The van der Waals surface area contributed by atoms with Crippen LogP contribution in [0.1, 0.15) is 135 Å². The van der Waals surface area contributed by atoms with Gasteiger partial charge in [-0.25, -0.2) is 12.9 Å². The van der Waals surface area contributed by atoms with Crippen LogP contribution in [0, 0.1) is 6.92 Å². The third kappa shape index (κ3) is 10.4. The van der Waals surface area contributed by atoms with Gasteiger partial charge in [-0.3, -0.25) is 5.10 Å². The van der Waals surface area contributed by atoms with Crippen LogP contribution in [0.2, 0.25) is 5.02 Å². The third-order valence-electron chi connectivity index (χ3n) is 6.96. The zero-order chi connectivity index (χ0) is 25.7. The summed E-state index contributed by atoms with van der Waals surface area (Å²) < 4.78 is 27.3. The van der Waals surface area contributed by atoms with E-state index in [1.54, 1.807) is 4.52 Å². The van der Waals surface area contributed by atoms with Crippen LogP contribution in [0.25, 0.3) is 5.65 Å². The van der Waals surface area contributed by atoms with Crippen molar-refractivity contribution < 1.29 is 8.42 Å². The minimum absolute atomic E-state index is 0.0508. The second-order valence-corrected chi connectivity index (χ2v) is 13.6. The van der Waals surface area contributed by atoms with Gasteiger partial charge in [-0.05, 0) is 13.3 Å². The van der Waals surface area contributed by atoms with Crippen molar-refractivity contribution in [3.63, 3.8) is 0 Å². The van der Waals surface area contributed by atoms with Crippen molar-refractivity contribution in [1.29, 1.82) is 0 Å². The molecular formula is C27H49ClN4O2S. The molecule has 0 saturated carbocycles. The fraction of sp³-hybridized carbons (Fsp3) is 0.852. The summed E-state index contributed by atoms with van der Waals surface area (Å²) in [6.07, 6.45) is 20.5. The van der Waals surface area contributed by atoms with E-state index >= 15 is 0 Å². The van der Waals surface area contributed by atoms with Crippen LogP contribution < -0.4 is 0 Å². The van der Waals surface area contributed by atoms with Gasteiger partial charge < -0.3 is 0 Å². The molecule has 8 heteroatoms. The lowest BCUT2D eigenvalue weighted by Crippen LogP contribution is -2.32. The topological polar surface area (TPSA) is 80.1 Å². The van der Waals surface area contributed by atoms with Gasteiger partial charge in [0.25, 0.3) is 0 Å². The molecule has 1 N–H and O–H groups in total. The Hall–Kier alpha value is -1.08. The number of nitrogens with one attached hydrogen (secondary N) is 1. The molecule has 0 saturated heterocycles. The van der Waals surface area contributed by atoms with Crippen LogP contribution in [0.15, 0.2) is 0 Å². The van der Waals surface area contributed by atoms with E-state index in [1.807, 2.05) is 20.8 Å². The summed E-state index contributed by atoms with van der Waals surface area (Å²) in [5, 5.41) is 12.0. The summed E-state index contributed by atoms with van der Waals surface area (Å²) in [5.74, 6) is 0.884. The molecule has 0 unspecified atom stereocenters. The molecule has 0 bridgehead atoms. The van der Waals surface area contributed by atoms with E-state index in [1.165, 1.54) is 83.5 Å². The van der Waals surface area contributed by atoms with Crippen molar-refractivity contribution in [3.05, 3.63) is 16.5 Å². The number of aromatic amines is 1. The standard InChI is InChI=1S/C27H49ClN4O2S/c1-5-6-7-8-9-10-11-12-13-14-15-16-17-18-19-20-21-35(33,34)22-27(3,4)26-30-29-25-24(28)23(2)31-32(25)26/h31H,5-22H2,1-4H3. The van der Waals surface area contributed by atoms with Gasteiger partial charge in [0.2, 0.25) is 0 Å². The Labute approximate surface area is 218 Å². The van der Waals surface area contributed by atoms with Gasteiger partial charge in [0.05, 0.1) is 17.2 Å². The molecule has 0 aliphatic carbocycles. The normalized spacial score (nSPS) is 12.7. The van der Waals surface area contributed by atoms with Crippen LogP contribution in [-0.4, -0.2) is 39.7 Å². The third-order valence-corrected chi connectivity index (χ3v) is 9.49. The molecule has 2 rings (SSSR count). The average Bonchev–Trinajstić information content (AvgIpc) is 3.33. The lowest BCUT2D eigenvalue weighted by Gasteiger charge is -2.22. The first-order valence-electron chi connectivity index (χ1n) is 14.0. The van der Waals surface area contributed by atoms with E-state index in [0.717, 1.165) is 25.0 Å². The lowest BCUT2D eigenvalue weighted by atomic mass is 9.96. The minimum Gasteiger partial charge on any atom is -0.294 e. The second kappa shape index (κ2) is 15.2. The number of aromatic nitrogens is 4. The smallest absolute Gasteiger partial charge is 0.196 e. The van der Waals surface area contributed by atoms with Crippen molar-refractivity contribution in [2.45, 2.75) is 136 Å². The largest absolute Gasteiger partial charge is 0.294 e. The van der Waals surface area contributed by atoms with Crippen molar-refractivity contribution in [3.8, 4) is 0 Å². The second-order valence-electron chi connectivity index (χ2n) is 11.0. The summed E-state index contributed by atoms with van der Waals surface area (Å²) in [7, 11) is -3.18. The van der Waals surface area contributed by atoms with Crippen LogP contribution in [0.4, 0.5) is 0 Å². The van der Waals surface area contributed by atoms with Crippen LogP contribution in [-0.2, 0) is 15.3 Å². The minimum atomic E-state index is -3.18. The summed E-state index contributed by atoms with van der Waals surface area (Å²) in [4.78, 5) is 0. The average molecular weight is 529 g/mol. The van der Waals surface area contributed by atoms with Crippen molar-refractivity contribution in [1.82, 2.24) is 19.8 Å². The first-order valence-corrected chi connectivity index (χ1v) is 16.2. The molecule has 0 aromatic carbocycles. The molecule has 35 heavy (non-hydrogen) atoms. The number of hydrogen-bond donors (Lipinski definition) is 1. The number of halogens is 1. The molecule has 2 aromatic rings. The van der Waals surface area contributed by atoms with Gasteiger partial charge in [0.1, 0.15) is 5.02 Å². The van der Waals surface area contributed by atoms with Crippen LogP contribution >= 0.6 is 11.6 Å². The number of nitrogens with zero attached hydrogens (tertiary/aromatic N) is 3. The van der Waals surface area contributed by atoms with Crippen LogP contribution in [0.5, 0.6) is 0 Å². The Morgan fingerprint density at radius 1 is 0.800 bits per heavy atom. The fourth-order valence-corrected chi connectivity index (χ4v) is 7.09. The Bertz CT molecular complexity index is 965. The van der Waals surface area contributed by atoms with Gasteiger partial charge in [0.15, 0.2) is 21.3 Å². The van der Waals surface area contributed by atoms with Crippen molar-refractivity contribution >= 4 is 27.1 Å². The Balaban J connectivity index is 1.53. The highest BCUT2D eigenvalue weighted by Crippen LogP contribution is 2.28. The summed E-state index contributed by atoms with van der Waals surface area (Å²) in [5.41, 5.74) is 0.681. The van der Waals surface area contributed by atoms with Crippen molar-refractivity contribution in [2.75, 3.05) is 11.5 Å². The number of H-pyrrole nitrogens is 1. The molecular weight excluding hydrogens is 480 g/mol. The maximum Gasteiger partial charge on any atom is 0.196 e. The Kier molecular flexibility index (Phi) is 13.1. The first-order chi connectivity index (χ1) is 16.7. The lowest BCUT2D eigenvalue weighted by molar-refractivity contribution is 0.508. The quantitative estimate of drug-likeness (QED) is 0.177. The SMILES string of the molecule is CCCCCCCCCCCCCCCCCCS(=O)(=O)CC(C)(C)c1nnc2c(Cl)c(C)[nH]n12. The molecule has 0 atom stereocenters. The van der Waals surface area contributed by atoms with E-state index < -0.39 is 15.3 Å². The van der Waals surface area contributed by atoms with E-state index in [9.17, 15) is 8.42 Å². The highest BCUT2D eigenvalue weighted by atomic mass is 35.5. The fourth-order valence-electron chi connectivity index (χ4n) is 4.91. The number of fused-ring (bicyclic) bond motifs is 1. The van der Waals surface area contributed by atoms with Gasteiger partial charge in [-0.15, -0.1) is 10.2 Å².